The second-order valence-corrected chi connectivity index (χ2v) is 5.50. The molecule has 1 amide bonds. The Labute approximate surface area is 151 Å². The maximum Gasteiger partial charge on any atom is 0.337 e. The summed E-state index contributed by atoms with van der Waals surface area (Å²) in [6.07, 6.45) is 0. The number of esters is 2. The van der Waals surface area contributed by atoms with E-state index in [1.165, 1.54) is 32.4 Å². The molecule has 0 bridgehead atoms. The smallest absolute Gasteiger partial charge is 0.337 e. The van der Waals surface area contributed by atoms with E-state index < -0.39 is 11.9 Å². The molecule has 0 unspecified atom stereocenters. The minimum absolute atomic E-state index is 0.0421. The van der Waals surface area contributed by atoms with Gasteiger partial charge in [-0.3, -0.25) is 4.79 Å². The third kappa shape index (κ3) is 4.83. The number of methoxy groups -OCH3 is 2. The predicted octanol–water partition coefficient (Wildman–Crippen LogP) is 2.62. The van der Waals surface area contributed by atoms with Gasteiger partial charge in [0.15, 0.2) is 0 Å². The van der Waals surface area contributed by atoms with Crippen LogP contribution in [0.2, 0.25) is 0 Å². The Morgan fingerprint density at radius 3 is 2.04 bits per heavy atom. The minimum Gasteiger partial charge on any atom is -0.465 e. The molecule has 136 valence electrons. The quantitative estimate of drug-likeness (QED) is 0.773. The molecule has 0 aromatic heterocycles. The van der Waals surface area contributed by atoms with Crippen LogP contribution < -0.4 is 10.6 Å². The molecule has 0 radical (unpaired) electrons. The molecule has 7 nitrogen and oxygen atoms in total. The first-order chi connectivity index (χ1) is 12.4. The van der Waals surface area contributed by atoms with Crippen molar-refractivity contribution >= 4 is 29.2 Å². The van der Waals surface area contributed by atoms with Gasteiger partial charge < -0.3 is 20.1 Å². The molecular formula is C19H20N2O5. The number of amides is 1. The fourth-order valence-electron chi connectivity index (χ4n) is 2.29. The highest BCUT2D eigenvalue weighted by Crippen LogP contribution is 2.17. The van der Waals surface area contributed by atoms with Crippen molar-refractivity contribution in [3.05, 3.63) is 59.2 Å². The molecule has 0 saturated carbocycles. The summed E-state index contributed by atoms with van der Waals surface area (Å²) in [6.45, 7) is 1.85. The first-order valence-corrected chi connectivity index (χ1v) is 7.85. The van der Waals surface area contributed by atoms with E-state index in [-0.39, 0.29) is 23.6 Å². The van der Waals surface area contributed by atoms with Crippen molar-refractivity contribution in [3.63, 3.8) is 0 Å². The Hall–Kier alpha value is -3.35. The SMILES string of the molecule is COC(=O)c1cc(NCC(=O)Nc2ccccc2C)cc(C(=O)OC)c1. The number of aryl methyl sites for hydroxylation is 1. The fraction of sp³-hybridized carbons (Fsp3) is 0.211. The summed E-state index contributed by atoms with van der Waals surface area (Å²) in [6, 6.07) is 11.8. The average molecular weight is 356 g/mol. The van der Waals surface area contributed by atoms with Gasteiger partial charge in [-0.25, -0.2) is 9.59 Å². The molecule has 2 aromatic rings. The number of benzene rings is 2. The van der Waals surface area contributed by atoms with Crippen LogP contribution in [-0.2, 0) is 14.3 Å². The number of hydrogen-bond acceptors (Lipinski definition) is 6. The third-order valence-electron chi connectivity index (χ3n) is 3.65. The van der Waals surface area contributed by atoms with Crippen LogP contribution in [0, 0.1) is 6.92 Å². The predicted molar refractivity (Wildman–Crippen MR) is 97.4 cm³/mol. The Kier molecular flexibility index (Phi) is 6.32. The molecule has 0 heterocycles. The normalized spacial score (nSPS) is 9.96. The van der Waals surface area contributed by atoms with Crippen molar-refractivity contribution in [2.45, 2.75) is 6.92 Å². The van der Waals surface area contributed by atoms with Gasteiger partial charge in [-0.2, -0.15) is 0 Å². The van der Waals surface area contributed by atoms with Gasteiger partial charge in [0.1, 0.15) is 0 Å². The lowest BCUT2D eigenvalue weighted by molar-refractivity contribution is -0.114. The Bertz CT molecular complexity index is 798. The van der Waals surface area contributed by atoms with Crippen LogP contribution in [0.4, 0.5) is 11.4 Å². The zero-order valence-electron chi connectivity index (χ0n) is 14.8. The van der Waals surface area contributed by atoms with Crippen LogP contribution in [0.1, 0.15) is 26.3 Å². The molecule has 0 aliphatic rings. The van der Waals surface area contributed by atoms with Gasteiger partial charge in [-0.1, -0.05) is 18.2 Å². The van der Waals surface area contributed by atoms with Crippen molar-refractivity contribution in [3.8, 4) is 0 Å². The minimum atomic E-state index is -0.594. The fourth-order valence-corrected chi connectivity index (χ4v) is 2.29. The van der Waals surface area contributed by atoms with E-state index in [4.69, 9.17) is 0 Å². The largest absolute Gasteiger partial charge is 0.465 e. The second kappa shape index (κ2) is 8.66. The van der Waals surface area contributed by atoms with E-state index >= 15 is 0 Å². The molecule has 2 aromatic carbocycles. The van der Waals surface area contributed by atoms with E-state index in [0.29, 0.717) is 5.69 Å². The molecule has 0 aliphatic heterocycles. The molecule has 0 spiro atoms. The van der Waals surface area contributed by atoms with Crippen molar-refractivity contribution < 1.29 is 23.9 Å². The number of ether oxygens (including phenoxy) is 2. The zero-order valence-corrected chi connectivity index (χ0v) is 14.8. The Morgan fingerprint density at radius 1 is 0.923 bits per heavy atom. The molecule has 0 fully saturated rings. The monoisotopic (exact) mass is 356 g/mol. The number of para-hydroxylation sites is 1. The lowest BCUT2D eigenvalue weighted by Crippen LogP contribution is -2.22. The number of rotatable bonds is 6. The summed E-state index contributed by atoms with van der Waals surface area (Å²) in [5.74, 6) is -1.45. The maximum atomic E-state index is 12.1. The molecule has 0 atom stereocenters. The lowest BCUT2D eigenvalue weighted by atomic mass is 10.1. The van der Waals surface area contributed by atoms with Gasteiger partial charge in [0, 0.05) is 11.4 Å². The van der Waals surface area contributed by atoms with E-state index in [1.807, 2.05) is 25.1 Å². The standard InChI is InChI=1S/C19H20N2O5/c1-12-6-4-5-7-16(12)21-17(22)11-20-15-9-13(18(23)25-2)8-14(10-15)19(24)26-3/h4-10,20H,11H2,1-3H3,(H,21,22). The van der Waals surface area contributed by atoms with Crippen molar-refractivity contribution in [1.82, 2.24) is 0 Å². The third-order valence-corrected chi connectivity index (χ3v) is 3.65. The van der Waals surface area contributed by atoms with Gasteiger partial charge >= 0.3 is 11.9 Å². The van der Waals surface area contributed by atoms with Crippen molar-refractivity contribution in [1.29, 1.82) is 0 Å². The first kappa shape index (κ1) is 19.0. The van der Waals surface area contributed by atoms with Crippen LogP contribution in [-0.4, -0.2) is 38.6 Å². The van der Waals surface area contributed by atoms with Crippen LogP contribution in [0.3, 0.4) is 0 Å². The van der Waals surface area contributed by atoms with E-state index in [0.717, 1.165) is 11.3 Å². The highest BCUT2D eigenvalue weighted by Gasteiger charge is 2.14. The van der Waals surface area contributed by atoms with Gasteiger partial charge in [-0.15, -0.1) is 0 Å². The van der Waals surface area contributed by atoms with E-state index in [1.54, 1.807) is 6.07 Å². The number of anilines is 2. The molecule has 2 N–H and O–H groups in total. The molecule has 7 heteroatoms. The molecule has 0 aliphatic carbocycles. The summed E-state index contributed by atoms with van der Waals surface area (Å²) in [4.78, 5) is 35.7. The van der Waals surface area contributed by atoms with Crippen LogP contribution in [0.5, 0.6) is 0 Å². The van der Waals surface area contributed by atoms with Gasteiger partial charge in [-0.05, 0) is 36.8 Å². The van der Waals surface area contributed by atoms with Crippen molar-refractivity contribution in [2.24, 2.45) is 0 Å². The summed E-state index contributed by atoms with van der Waals surface area (Å²) < 4.78 is 9.36. The molecule has 2 rings (SSSR count). The maximum absolute atomic E-state index is 12.1. The Morgan fingerprint density at radius 2 is 1.50 bits per heavy atom. The highest BCUT2D eigenvalue weighted by atomic mass is 16.5. The van der Waals surface area contributed by atoms with Crippen LogP contribution >= 0.6 is 0 Å². The van der Waals surface area contributed by atoms with E-state index in [9.17, 15) is 14.4 Å². The number of carbonyl (C=O) groups is 3. The van der Waals surface area contributed by atoms with Gasteiger partial charge in [0.2, 0.25) is 5.91 Å². The second-order valence-electron chi connectivity index (χ2n) is 5.50. The summed E-state index contributed by atoms with van der Waals surface area (Å²) in [5.41, 5.74) is 2.45. The highest BCUT2D eigenvalue weighted by molar-refractivity contribution is 5.98. The van der Waals surface area contributed by atoms with E-state index in [2.05, 4.69) is 20.1 Å². The van der Waals surface area contributed by atoms with Crippen molar-refractivity contribution in [2.75, 3.05) is 31.4 Å². The topological polar surface area (TPSA) is 93.7 Å². The molecule has 26 heavy (non-hydrogen) atoms. The molecule has 0 saturated heterocycles. The summed E-state index contributed by atoms with van der Waals surface area (Å²) in [5, 5.41) is 5.69. The zero-order chi connectivity index (χ0) is 19.1. The molecular weight excluding hydrogens is 336 g/mol. The first-order valence-electron chi connectivity index (χ1n) is 7.85. The van der Waals surface area contributed by atoms with Gasteiger partial charge in [0.05, 0.1) is 31.9 Å². The van der Waals surface area contributed by atoms with Crippen LogP contribution in [0.25, 0.3) is 0 Å². The lowest BCUT2D eigenvalue weighted by Gasteiger charge is -2.11. The number of carbonyl (C=O) groups excluding carboxylic acids is 3. The summed E-state index contributed by atoms with van der Waals surface area (Å²) in [7, 11) is 2.49. The van der Waals surface area contributed by atoms with Gasteiger partial charge in [0.25, 0.3) is 0 Å². The van der Waals surface area contributed by atoms with Crippen LogP contribution in [0.15, 0.2) is 42.5 Å². The average Bonchev–Trinajstić information content (AvgIpc) is 2.66. The number of hydrogen-bond donors (Lipinski definition) is 2. The number of nitrogens with one attached hydrogen (secondary N) is 2. The summed E-state index contributed by atoms with van der Waals surface area (Å²) >= 11 is 0. The Balaban J connectivity index is 2.12.